The number of nitrogens with zero attached hydrogens (tertiary/aromatic N) is 2. The first-order valence-corrected chi connectivity index (χ1v) is 9.08. The van der Waals surface area contributed by atoms with Crippen LogP contribution in [0.1, 0.15) is 50.5 Å². The van der Waals surface area contributed by atoms with E-state index < -0.39 is 0 Å². The monoisotopic (exact) mass is 324 g/mol. The summed E-state index contributed by atoms with van der Waals surface area (Å²) in [5, 5.41) is 14.9. The lowest BCUT2D eigenvalue weighted by Gasteiger charge is -2.49. The SMILES string of the molecule is N#Cc1ccc(NC(=O)NC2C[C@@H]3CCC[C@@H](C2)N3C2CC2)cc1. The van der Waals surface area contributed by atoms with Crippen LogP contribution < -0.4 is 10.6 Å². The fourth-order valence-corrected chi connectivity index (χ4v) is 4.49. The van der Waals surface area contributed by atoms with Gasteiger partial charge in [-0.25, -0.2) is 4.79 Å². The minimum atomic E-state index is -0.136. The topological polar surface area (TPSA) is 68.2 Å². The highest BCUT2D eigenvalue weighted by molar-refractivity contribution is 5.89. The van der Waals surface area contributed by atoms with E-state index in [9.17, 15) is 4.79 Å². The van der Waals surface area contributed by atoms with Gasteiger partial charge in [0.25, 0.3) is 0 Å². The fraction of sp³-hybridized carbons (Fsp3) is 0.579. The summed E-state index contributed by atoms with van der Waals surface area (Å²) in [7, 11) is 0. The number of amides is 2. The smallest absolute Gasteiger partial charge is 0.319 e. The van der Waals surface area contributed by atoms with Crippen molar-refractivity contribution in [2.24, 2.45) is 0 Å². The number of rotatable bonds is 3. The Morgan fingerprint density at radius 1 is 1.04 bits per heavy atom. The Labute approximate surface area is 143 Å². The van der Waals surface area contributed by atoms with E-state index in [1.165, 1.54) is 32.1 Å². The highest BCUT2D eigenvalue weighted by Gasteiger charge is 2.45. The summed E-state index contributed by atoms with van der Waals surface area (Å²) in [4.78, 5) is 15.0. The molecule has 0 unspecified atom stereocenters. The average Bonchev–Trinajstić information content (AvgIpc) is 3.39. The molecule has 3 fully saturated rings. The Balaban J connectivity index is 1.33. The Bertz CT molecular complexity index is 632. The Morgan fingerprint density at radius 2 is 1.71 bits per heavy atom. The second kappa shape index (κ2) is 6.45. The van der Waals surface area contributed by atoms with E-state index >= 15 is 0 Å². The number of hydrogen-bond donors (Lipinski definition) is 2. The van der Waals surface area contributed by atoms with Gasteiger partial charge in [0.15, 0.2) is 0 Å². The largest absolute Gasteiger partial charge is 0.335 e. The number of urea groups is 1. The molecule has 5 nitrogen and oxygen atoms in total. The summed E-state index contributed by atoms with van der Waals surface area (Å²) in [5.74, 6) is 0. The van der Waals surface area contributed by atoms with Gasteiger partial charge in [-0.15, -0.1) is 0 Å². The molecule has 5 heteroatoms. The van der Waals surface area contributed by atoms with Crippen molar-refractivity contribution >= 4 is 11.7 Å². The first-order valence-electron chi connectivity index (χ1n) is 9.08. The maximum Gasteiger partial charge on any atom is 0.319 e. The molecular weight excluding hydrogens is 300 g/mol. The number of piperidine rings is 2. The van der Waals surface area contributed by atoms with Crippen molar-refractivity contribution in [1.82, 2.24) is 10.2 Å². The van der Waals surface area contributed by atoms with Crippen LogP contribution in [0.2, 0.25) is 0 Å². The fourth-order valence-electron chi connectivity index (χ4n) is 4.49. The van der Waals surface area contributed by atoms with E-state index in [1.807, 2.05) is 0 Å². The number of benzene rings is 1. The second-order valence-corrected chi connectivity index (χ2v) is 7.37. The summed E-state index contributed by atoms with van der Waals surface area (Å²) in [5.41, 5.74) is 1.32. The summed E-state index contributed by atoms with van der Waals surface area (Å²) >= 11 is 0. The van der Waals surface area contributed by atoms with Crippen molar-refractivity contribution in [3.05, 3.63) is 29.8 Å². The van der Waals surface area contributed by atoms with Gasteiger partial charge in [0, 0.05) is 29.9 Å². The maximum atomic E-state index is 12.3. The van der Waals surface area contributed by atoms with Crippen LogP contribution in [-0.4, -0.2) is 35.1 Å². The maximum absolute atomic E-state index is 12.3. The summed E-state index contributed by atoms with van der Waals surface area (Å²) in [6.07, 6.45) is 8.78. The minimum Gasteiger partial charge on any atom is -0.335 e. The highest BCUT2D eigenvalue weighted by Crippen LogP contribution is 2.41. The molecule has 0 spiro atoms. The van der Waals surface area contributed by atoms with Crippen molar-refractivity contribution in [2.45, 2.75) is 69.1 Å². The zero-order valence-electron chi connectivity index (χ0n) is 13.9. The molecule has 2 heterocycles. The first kappa shape index (κ1) is 15.5. The van der Waals surface area contributed by atoms with Gasteiger partial charge >= 0.3 is 6.03 Å². The Hall–Kier alpha value is -2.06. The molecule has 24 heavy (non-hydrogen) atoms. The van der Waals surface area contributed by atoms with E-state index in [1.54, 1.807) is 24.3 Å². The third kappa shape index (κ3) is 3.25. The molecule has 2 N–H and O–H groups in total. The van der Waals surface area contributed by atoms with Crippen LogP contribution >= 0.6 is 0 Å². The quantitative estimate of drug-likeness (QED) is 0.897. The Morgan fingerprint density at radius 3 is 2.29 bits per heavy atom. The molecule has 1 aromatic rings. The summed E-state index contributed by atoms with van der Waals surface area (Å²) in [6, 6.07) is 11.3. The predicted molar refractivity (Wildman–Crippen MR) is 92.6 cm³/mol. The molecule has 126 valence electrons. The number of carbonyl (C=O) groups is 1. The number of hydrogen-bond acceptors (Lipinski definition) is 3. The molecule has 1 saturated carbocycles. The third-order valence-corrected chi connectivity index (χ3v) is 5.61. The van der Waals surface area contributed by atoms with Crippen LogP contribution in [0, 0.1) is 11.3 Å². The van der Waals surface area contributed by atoms with E-state index in [0.717, 1.165) is 24.6 Å². The molecule has 2 bridgehead atoms. The molecule has 2 saturated heterocycles. The van der Waals surface area contributed by atoms with Crippen LogP contribution in [0.4, 0.5) is 10.5 Å². The van der Waals surface area contributed by atoms with Gasteiger partial charge in [-0.1, -0.05) is 6.42 Å². The molecule has 2 amide bonds. The second-order valence-electron chi connectivity index (χ2n) is 7.37. The molecule has 3 aliphatic rings. The van der Waals surface area contributed by atoms with Gasteiger partial charge in [0.2, 0.25) is 0 Å². The van der Waals surface area contributed by atoms with Crippen LogP contribution in [-0.2, 0) is 0 Å². The highest BCUT2D eigenvalue weighted by atomic mass is 16.2. The lowest BCUT2D eigenvalue weighted by atomic mass is 9.81. The van der Waals surface area contributed by atoms with Gasteiger partial charge < -0.3 is 10.6 Å². The van der Waals surface area contributed by atoms with Crippen molar-refractivity contribution in [2.75, 3.05) is 5.32 Å². The molecule has 4 rings (SSSR count). The molecule has 0 aromatic heterocycles. The van der Waals surface area contributed by atoms with Gasteiger partial charge in [-0.3, -0.25) is 4.90 Å². The molecule has 2 atom stereocenters. The van der Waals surface area contributed by atoms with E-state index in [2.05, 4.69) is 21.6 Å². The van der Waals surface area contributed by atoms with Crippen molar-refractivity contribution in [1.29, 1.82) is 5.26 Å². The zero-order valence-corrected chi connectivity index (χ0v) is 13.9. The Kier molecular flexibility index (Phi) is 4.15. The molecule has 2 aliphatic heterocycles. The van der Waals surface area contributed by atoms with Crippen LogP contribution in [0.5, 0.6) is 0 Å². The molecule has 0 radical (unpaired) electrons. The molecular formula is C19H24N4O. The predicted octanol–water partition coefficient (Wildman–Crippen LogP) is 3.23. The van der Waals surface area contributed by atoms with E-state index in [0.29, 0.717) is 17.6 Å². The van der Waals surface area contributed by atoms with Crippen LogP contribution in [0.3, 0.4) is 0 Å². The first-order chi connectivity index (χ1) is 11.7. The van der Waals surface area contributed by atoms with Gasteiger partial charge in [0.1, 0.15) is 0 Å². The van der Waals surface area contributed by atoms with Gasteiger partial charge in [0.05, 0.1) is 11.6 Å². The lowest BCUT2D eigenvalue weighted by molar-refractivity contribution is 0.0198. The number of anilines is 1. The van der Waals surface area contributed by atoms with E-state index in [-0.39, 0.29) is 12.1 Å². The lowest BCUT2D eigenvalue weighted by Crippen LogP contribution is -2.58. The van der Waals surface area contributed by atoms with Crippen molar-refractivity contribution in [3.8, 4) is 6.07 Å². The number of fused-ring (bicyclic) bond motifs is 2. The van der Waals surface area contributed by atoms with Gasteiger partial charge in [-0.2, -0.15) is 5.26 Å². The van der Waals surface area contributed by atoms with Crippen molar-refractivity contribution < 1.29 is 4.79 Å². The summed E-state index contributed by atoms with van der Waals surface area (Å²) in [6.45, 7) is 0. The third-order valence-electron chi connectivity index (χ3n) is 5.61. The molecule has 1 aliphatic carbocycles. The number of nitrogens with one attached hydrogen (secondary N) is 2. The summed E-state index contributed by atoms with van der Waals surface area (Å²) < 4.78 is 0. The van der Waals surface area contributed by atoms with Crippen LogP contribution in [0.15, 0.2) is 24.3 Å². The normalized spacial score (nSPS) is 29.5. The van der Waals surface area contributed by atoms with Gasteiger partial charge in [-0.05, 0) is 62.8 Å². The number of carbonyl (C=O) groups excluding carboxylic acids is 1. The van der Waals surface area contributed by atoms with E-state index in [4.69, 9.17) is 5.26 Å². The standard InChI is InChI=1S/C19H24N4O/c20-12-13-4-6-14(7-5-13)21-19(24)22-15-10-17-2-1-3-18(11-15)23(17)16-8-9-16/h4-7,15-18H,1-3,8-11H2,(H2,21,22,24)/t17-,18-/m0/s1. The van der Waals surface area contributed by atoms with Crippen molar-refractivity contribution in [3.63, 3.8) is 0 Å². The minimum absolute atomic E-state index is 0.136. The zero-order chi connectivity index (χ0) is 16.5. The average molecular weight is 324 g/mol. The molecule has 1 aromatic carbocycles. The van der Waals surface area contributed by atoms with Crippen LogP contribution in [0.25, 0.3) is 0 Å². The number of nitriles is 1.